The van der Waals surface area contributed by atoms with Gasteiger partial charge in [0, 0.05) is 129 Å². The smallest absolute Gasteiger partial charge is 0.126 e. The molecule has 0 saturated carbocycles. The number of likely N-dealkylation sites (N-methyl/N-ethyl adjacent to an activating group) is 10. The summed E-state index contributed by atoms with van der Waals surface area (Å²) in [5.41, 5.74) is -1.27. The molecule has 0 radical (unpaired) electrons. The predicted octanol–water partition coefficient (Wildman–Crippen LogP) is 0.394. The predicted molar refractivity (Wildman–Crippen MR) is 356 cm³/mol. The molecule has 22 nitrogen and oxygen atoms in total. The maximum absolute atomic E-state index is 11.3. The van der Waals surface area contributed by atoms with E-state index in [1.54, 1.807) is 0 Å². The largest absolute Gasteiger partial charge is 0.385 e. The van der Waals surface area contributed by atoms with Crippen molar-refractivity contribution in [3.05, 3.63) is 0 Å². The van der Waals surface area contributed by atoms with Gasteiger partial charge in [-0.3, -0.25) is 0 Å². The van der Waals surface area contributed by atoms with Gasteiger partial charge in [0.2, 0.25) is 0 Å². The minimum absolute atomic E-state index is 0.221. The number of ether oxygens (including phenoxy) is 6. The van der Waals surface area contributed by atoms with E-state index in [9.17, 15) is 30.6 Å². The molecule has 0 spiro atoms. The zero-order valence-corrected chi connectivity index (χ0v) is 59.4. The minimum Gasteiger partial charge on any atom is -0.385 e. The summed E-state index contributed by atoms with van der Waals surface area (Å²) in [5.74, 6) is 0. The van der Waals surface area contributed by atoms with Gasteiger partial charge in [-0.2, -0.15) is 0 Å². The Labute approximate surface area is 547 Å². The maximum atomic E-state index is 11.3. The molecule has 90 heavy (non-hydrogen) atoms. The molecule has 0 amide bonds. The fraction of sp³-hybridized carbons (Fsp3) is 1.00. The van der Waals surface area contributed by atoms with Crippen molar-refractivity contribution < 1.29 is 86.0 Å². The molecule has 6 aliphatic heterocycles. The van der Waals surface area contributed by atoms with Crippen LogP contribution in [0.2, 0.25) is 0 Å². The maximum Gasteiger partial charge on any atom is 0.126 e. The van der Waals surface area contributed by atoms with Crippen LogP contribution in [-0.2, 0) is 28.4 Å². The lowest BCUT2D eigenvalue weighted by molar-refractivity contribution is -0.900. The second-order valence-corrected chi connectivity index (χ2v) is 32.8. The number of hydrogen-bond donors (Lipinski definition) is 6. The lowest BCUT2D eigenvalue weighted by Crippen LogP contribution is -2.51. The Morgan fingerprint density at radius 2 is 0.411 bits per heavy atom. The molecule has 6 fully saturated rings. The number of aliphatic hydroxyl groups excluding tert-OH is 6. The molecular formula is C68H142N10O12+6. The molecule has 530 valence electrons. The SMILES string of the molecule is CN(CCN(C)CCN(C)CC(COCC(O)C[N+]1(C)CCCC1)(COCC(O)C[N+]1(C)CCCC1)COCC(O)C[N+]1(C)CCCC1)CCN(C)CC(COCC(O)C[N+]1(C)CCCC1)(COCC(O)C[N+]1(C)CCCC1)COCC(O)C[N+]1(C)CCCC1. The van der Waals surface area contributed by atoms with E-state index in [1.807, 2.05) is 0 Å². The highest BCUT2D eigenvalue weighted by molar-refractivity contribution is 4.86. The Morgan fingerprint density at radius 1 is 0.267 bits per heavy atom. The molecule has 6 aliphatic rings. The van der Waals surface area contributed by atoms with Crippen molar-refractivity contribution in [1.29, 1.82) is 0 Å². The van der Waals surface area contributed by atoms with E-state index in [1.165, 1.54) is 77.0 Å². The Morgan fingerprint density at radius 3 is 0.567 bits per heavy atom. The topological polar surface area (TPSA) is 190 Å². The summed E-state index contributed by atoms with van der Waals surface area (Å²) in [4.78, 5) is 9.44. The van der Waals surface area contributed by atoms with Crippen molar-refractivity contribution in [3.8, 4) is 0 Å². The van der Waals surface area contributed by atoms with Gasteiger partial charge in [0.05, 0.1) is 211 Å². The van der Waals surface area contributed by atoms with Gasteiger partial charge < -0.3 is 106 Å². The van der Waals surface area contributed by atoms with Crippen molar-refractivity contribution >= 4 is 0 Å². The highest BCUT2D eigenvalue weighted by Gasteiger charge is 2.40. The Balaban J connectivity index is 1.06. The zero-order valence-electron chi connectivity index (χ0n) is 59.4. The first kappa shape index (κ1) is 78.1. The van der Waals surface area contributed by atoms with Crippen LogP contribution in [0.25, 0.3) is 0 Å². The Hall–Kier alpha value is -0.880. The first-order valence-corrected chi connectivity index (χ1v) is 35.9. The van der Waals surface area contributed by atoms with Crippen molar-refractivity contribution in [2.24, 2.45) is 10.8 Å². The molecule has 0 aromatic heterocycles. The molecule has 0 aromatic carbocycles. The minimum atomic E-state index is -0.637. The van der Waals surface area contributed by atoms with Gasteiger partial charge in [0.1, 0.15) is 75.9 Å². The summed E-state index contributed by atoms with van der Waals surface area (Å²) in [6.45, 7) is 26.2. The molecule has 6 heterocycles. The van der Waals surface area contributed by atoms with Crippen LogP contribution in [0.15, 0.2) is 0 Å². The monoisotopic (exact) mass is 1290 g/mol. The van der Waals surface area contributed by atoms with Crippen molar-refractivity contribution in [1.82, 2.24) is 19.6 Å². The van der Waals surface area contributed by atoms with Gasteiger partial charge in [-0.1, -0.05) is 0 Å². The summed E-state index contributed by atoms with van der Waals surface area (Å²) < 4.78 is 44.4. The van der Waals surface area contributed by atoms with Crippen LogP contribution in [-0.4, -0.2) is 434 Å². The number of likely N-dealkylation sites (tertiary alicyclic amines) is 6. The fourth-order valence-corrected chi connectivity index (χ4v) is 16.6. The molecular weight excluding hydrogens is 1150 g/mol. The van der Waals surface area contributed by atoms with E-state index in [0.29, 0.717) is 92.0 Å². The van der Waals surface area contributed by atoms with E-state index in [2.05, 4.69) is 90.1 Å². The number of aliphatic hydroxyl groups is 6. The van der Waals surface area contributed by atoms with Gasteiger partial charge >= 0.3 is 0 Å². The normalized spacial score (nSPS) is 24.5. The number of rotatable bonds is 49. The van der Waals surface area contributed by atoms with E-state index in [-0.39, 0.29) is 39.6 Å². The first-order chi connectivity index (χ1) is 42.6. The summed E-state index contributed by atoms with van der Waals surface area (Å²) in [7, 11) is 22.1. The second kappa shape index (κ2) is 37.7. The molecule has 0 aromatic rings. The van der Waals surface area contributed by atoms with E-state index >= 15 is 0 Å². The highest BCUT2D eigenvalue weighted by atomic mass is 16.5. The fourth-order valence-electron chi connectivity index (χ4n) is 16.6. The van der Waals surface area contributed by atoms with Crippen LogP contribution >= 0.6 is 0 Å². The number of nitrogens with zero attached hydrogens (tertiary/aromatic N) is 10. The molecule has 6 atom stereocenters. The van der Waals surface area contributed by atoms with Crippen LogP contribution < -0.4 is 0 Å². The molecule has 22 heteroatoms. The van der Waals surface area contributed by atoms with Crippen molar-refractivity contribution in [3.63, 3.8) is 0 Å². The van der Waals surface area contributed by atoms with E-state index in [4.69, 9.17) is 28.4 Å². The molecule has 6 saturated heterocycles. The van der Waals surface area contributed by atoms with Gasteiger partial charge in [0.15, 0.2) is 0 Å². The van der Waals surface area contributed by atoms with E-state index in [0.717, 1.165) is 145 Å². The lowest BCUT2D eigenvalue weighted by atomic mass is 9.90. The van der Waals surface area contributed by atoms with Crippen LogP contribution in [0.5, 0.6) is 0 Å². The van der Waals surface area contributed by atoms with Gasteiger partial charge in [0.25, 0.3) is 0 Å². The molecule has 6 rings (SSSR count). The quantitative estimate of drug-likeness (QED) is 0.0459. The van der Waals surface area contributed by atoms with Gasteiger partial charge in [-0.15, -0.1) is 0 Å². The zero-order chi connectivity index (χ0) is 65.4. The van der Waals surface area contributed by atoms with Crippen molar-refractivity contribution in [2.45, 2.75) is 114 Å². The number of quaternary nitrogens is 6. The Kier molecular flexibility index (Phi) is 32.8. The van der Waals surface area contributed by atoms with Crippen LogP contribution in [0.3, 0.4) is 0 Å². The second-order valence-electron chi connectivity index (χ2n) is 32.8. The third-order valence-electron chi connectivity index (χ3n) is 21.9. The van der Waals surface area contributed by atoms with Gasteiger partial charge in [-0.05, 0) is 28.2 Å². The standard InChI is InChI=1S/C68H142N10O12/c1-69(25-27-71(3)53-67(55-85-47-61(79)41-73(5)29-11-12-30-73,56-86-48-62(80)42-74(6)31-13-14-32-74)57-87-49-63(81)43-75(7)33-15-16-34-75)23-24-70(2)26-28-72(4)54-68(58-88-50-64(82)44-76(8)35-17-18-36-76,59-89-51-65(83)45-77(9)37-19-20-38-77)60-90-52-66(84)46-78(10)39-21-22-40-78/h61-66,79-84H,11-60H2,1-10H3/q+6. The van der Waals surface area contributed by atoms with Crippen molar-refractivity contribution in [2.75, 3.05) is 320 Å². The summed E-state index contributed by atoms with van der Waals surface area (Å²) in [6, 6.07) is 0. The lowest BCUT2D eigenvalue weighted by Gasteiger charge is -2.38. The molecule has 6 unspecified atom stereocenters. The third-order valence-corrected chi connectivity index (χ3v) is 21.9. The van der Waals surface area contributed by atoms with Crippen LogP contribution in [0, 0.1) is 10.8 Å². The molecule has 0 bridgehead atoms. The highest BCUT2D eigenvalue weighted by Crippen LogP contribution is 2.28. The summed E-state index contributed by atoms with van der Waals surface area (Å²) in [6.07, 6.45) is 10.6. The summed E-state index contributed by atoms with van der Waals surface area (Å²) >= 11 is 0. The van der Waals surface area contributed by atoms with Crippen LogP contribution in [0.1, 0.15) is 77.0 Å². The Bertz CT molecular complexity index is 1630. The average Bonchev–Trinajstić information content (AvgIpc) is 2.69. The van der Waals surface area contributed by atoms with Crippen LogP contribution in [0.4, 0.5) is 0 Å². The van der Waals surface area contributed by atoms with Gasteiger partial charge in [-0.25, -0.2) is 0 Å². The average molecular weight is 1290 g/mol. The number of hydrogen-bond acceptors (Lipinski definition) is 16. The third kappa shape index (κ3) is 28.7. The van der Waals surface area contributed by atoms with E-state index < -0.39 is 47.5 Å². The molecule has 6 N–H and O–H groups in total. The first-order valence-electron chi connectivity index (χ1n) is 35.9. The molecule has 0 aliphatic carbocycles. The summed E-state index contributed by atoms with van der Waals surface area (Å²) in [5, 5.41) is 68.0.